The number of hydrogen-bond acceptors (Lipinski definition) is 2. The van der Waals surface area contributed by atoms with E-state index in [2.05, 4.69) is 26.8 Å². The van der Waals surface area contributed by atoms with E-state index in [0.717, 1.165) is 22.3 Å². The number of rotatable bonds is 0. The number of fused-ring (bicyclic) bond motifs is 3. The third kappa shape index (κ3) is 2.81. The van der Waals surface area contributed by atoms with Crippen LogP contribution in [0.4, 0.5) is 0 Å². The summed E-state index contributed by atoms with van der Waals surface area (Å²) in [7, 11) is -3.92. The fourth-order valence-electron chi connectivity index (χ4n) is 3.14. The minimum absolute atomic E-state index is 0.0502. The zero-order chi connectivity index (χ0) is 17.9. The Morgan fingerprint density at radius 2 is 1.58 bits per heavy atom. The average Bonchev–Trinajstić information content (AvgIpc) is 2.43. The fourth-order valence-corrected chi connectivity index (χ4v) is 4.86. The Morgan fingerprint density at radius 3 is 2.17 bits per heavy atom. The second kappa shape index (κ2) is 5.21. The quantitative estimate of drug-likeness (QED) is 0.672. The van der Waals surface area contributed by atoms with Crippen molar-refractivity contribution in [2.45, 2.75) is 52.4 Å². The van der Waals surface area contributed by atoms with Gasteiger partial charge >= 0.3 is 7.60 Å². The van der Waals surface area contributed by atoms with Crippen molar-refractivity contribution >= 4 is 12.9 Å². The third-order valence-corrected chi connectivity index (χ3v) is 5.98. The molecule has 4 heteroatoms. The highest BCUT2D eigenvalue weighted by Crippen LogP contribution is 2.54. The van der Waals surface area contributed by atoms with E-state index in [0.29, 0.717) is 11.1 Å². The Hall–Kier alpha value is -1.57. The van der Waals surface area contributed by atoms with Gasteiger partial charge in [0.25, 0.3) is 0 Å². The van der Waals surface area contributed by atoms with Gasteiger partial charge in [-0.2, -0.15) is 0 Å². The van der Waals surface area contributed by atoms with E-state index in [9.17, 15) is 9.46 Å². The second-order valence-corrected chi connectivity index (χ2v) is 10.2. The minimum atomic E-state index is -3.92. The first-order valence-electron chi connectivity index (χ1n) is 8.22. The zero-order valence-corrected chi connectivity index (χ0v) is 16.1. The maximum atomic E-state index is 13.0. The summed E-state index contributed by atoms with van der Waals surface area (Å²) < 4.78 is 18.6. The standard InChI is InChI=1S/C20H25O3P/c1-19(2,3)13-10-11-14-15-8-7-9-16(20(4,5)6)18(15)24(21,22)23-17(14)12-13/h7-12H,1-6H3,(H,21,22). The number of benzene rings is 2. The summed E-state index contributed by atoms with van der Waals surface area (Å²) in [4.78, 5) is 10.6. The molecule has 1 atom stereocenters. The van der Waals surface area contributed by atoms with Crippen molar-refractivity contribution in [3.8, 4) is 16.9 Å². The van der Waals surface area contributed by atoms with Gasteiger partial charge in [0.15, 0.2) is 0 Å². The molecule has 2 aromatic rings. The summed E-state index contributed by atoms with van der Waals surface area (Å²) in [6.07, 6.45) is 0. The van der Waals surface area contributed by atoms with Crippen LogP contribution in [0.15, 0.2) is 36.4 Å². The molecule has 2 aromatic carbocycles. The van der Waals surface area contributed by atoms with Crippen LogP contribution in [-0.2, 0) is 15.4 Å². The highest BCUT2D eigenvalue weighted by atomic mass is 31.2. The average molecular weight is 344 g/mol. The van der Waals surface area contributed by atoms with Crippen LogP contribution < -0.4 is 9.83 Å². The molecule has 0 fully saturated rings. The van der Waals surface area contributed by atoms with Crippen molar-refractivity contribution in [2.75, 3.05) is 0 Å². The Kier molecular flexibility index (Phi) is 3.75. The van der Waals surface area contributed by atoms with E-state index >= 15 is 0 Å². The molecule has 0 amide bonds. The lowest BCUT2D eigenvalue weighted by atomic mass is 9.83. The summed E-state index contributed by atoms with van der Waals surface area (Å²) in [5.41, 5.74) is 3.33. The molecule has 1 aliphatic heterocycles. The molecule has 24 heavy (non-hydrogen) atoms. The molecule has 3 nitrogen and oxygen atoms in total. The largest absolute Gasteiger partial charge is 0.421 e. The Balaban J connectivity index is 2.31. The molecule has 1 aliphatic rings. The van der Waals surface area contributed by atoms with E-state index in [4.69, 9.17) is 4.52 Å². The predicted octanol–water partition coefficient (Wildman–Crippen LogP) is 5.15. The van der Waals surface area contributed by atoms with Crippen LogP contribution in [0.25, 0.3) is 11.1 Å². The Morgan fingerprint density at radius 1 is 0.917 bits per heavy atom. The molecular weight excluding hydrogens is 319 g/mol. The van der Waals surface area contributed by atoms with Crippen molar-refractivity contribution in [3.63, 3.8) is 0 Å². The van der Waals surface area contributed by atoms with Crippen LogP contribution in [0.3, 0.4) is 0 Å². The lowest BCUT2D eigenvalue weighted by Gasteiger charge is -2.32. The van der Waals surface area contributed by atoms with E-state index < -0.39 is 7.60 Å². The van der Waals surface area contributed by atoms with Gasteiger partial charge in [0.1, 0.15) is 5.75 Å². The molecule has 3 rings (SSSR count). The molecule has 0 aromatic heterocycles. The molecule has 1 heterocycles. The van der Waals surface area contributed by atoms with Gasteiger partial charge in [-0.25, -0.2) is 4.57 Å². The van der Waals surface area contributed by atoms with Crippen LogP contribution in [0.2, 0.25) is 0 Å². The molecule has 1 N–H and O–H groups in total. The summed E-state index contributed by atoms with van der Waals surface area (Å²) in [5, 5.41) is 0.438. The third-order valence-electron chi connectivity index (χ3n) is 4.49. The van der Waals surface area contributed by atoms with Gasteiger partial charge in [-0.3, -0.25) is 0 Å². The van der Waals surface area contributed by atoms with Gasteiger partial charge in [0.05, 0.1) is 5.30 Å². The first-order chi connectivity index (χ1) is 10.9. The van der Waals surface area contributed by atoms with Crippen LogP contribution >= 0.6 is 7.60 Å². The molecular formula is C20H25O3P. The Bertz CT molecular complexity index is 854. The maximum Gasteiger partial charge on any atom is 0.409 e. The second-order valence-electron chi connectivity index (χ2n) is 8.52. The van der Waals surface area contributed by atoms with Crippen LogP contribution in [0, 0.1) is 0 Å². The molecule has 0 saturated heterocycles. The molecule has 0 radical (unpaired) electrons. The minimum Gasteiger partial charge on any atom is -0.421 e. The van der Waals surface area contributed by atoms with Gasteiger partial charge in [-0.05, 0) is 28.0 Å². The topological polar surface area (TPSA) is 46.5 Å². The highest BCUT2D eigenvalue weighted by Gasteiger charge is 2.39. The van der Waals surface area contributed by atoms with Crippen molar-refractivity contribution in [2.24, 2.45) is 0 Å². The molecule has 0 bridgehead atoms. The summed E-state index contributed by atoms with van der Waals surface area (Å²) in [6, 6.07) is 11.7. The summed E-state index contributed by atoms with van der Waals surface area (Å²) in [5.74, 6) is 0.492. The molecule has 1 unspecified atom stereocenters. The molecule has 128 valence electrons. The highest BCUT2D eigenvalue weighted by molar-refractivity contribution is 7.62. The fraction of sp³-hybridized carbons (Fsp3) is 0.400. The predicted molar refractivity (Wildman–Crippen MR) is 99.4 cm³/mol. The van der Waals surface area contributed by atoms with E-state index in [1.807, 2.05) is 51.1 Å². The summed E-state index contributed by atoms with van der Waals surface area (Å²) >= 11 is 0. The van der Waals surface area contributed by atoms with E-state index in [1.54, 1.807) is 0 Å². The summed E-state index contributed by atoms with van der Waals surface area (Å²) in [6.45, 7) is 12.5. The van der Waals surface area contributed by atoms with Crippen LogP contribution in [0.1, 0.15) is 52.7 Å². The monoisotopic (exact) mass is 344 g/mol. The zero-order valence-electron chi connectivity index (χ0n) is 15.2. The van der Waals surface area contributed by atoms with E-state index in [1.165, 1.54) is 0 Å². The van der Waals surface area contributed by atoms with Crippen molar-refractivity contribution in [1.29, 1.82) is 0 Å². The number of hydrogen-bond donors (Lipinski definition) is 1. The van der Waals surface area contributed by atoms with Gasteiger partial charge < -0.3 is 9.42 Å². The van der Waals surface area contributed by atoms with Gasteiger partial charge in [-0.1, -0.05) is 71.9 Å². The first kappa shape index (κ1) is 17.3. The molecule has 0 aliphatic carbocycles. The lowest BCUT2D eigenvalue weighted by molar-refractivity contribution is 0.390. The van der Waals surface area contributed by atoms with Gasteiger partial charge in [0.2, 0.25) is 0 Å². The molecule has 0 spiro atoms. The Labute approximate surface area is 144 Å². The van der Waals surface area contributed by atoms with Gasteiger partial charge in [-0.15, -0.1) is 0 Å². The van der Waals surface area contributed by atoms with Crippen LogP contribution in [0.5, 0.6) is 5.75 Å². The van der Waals surface area contributed by atoms with Crippen molar-refractivity contribution in [1.82, 2.24) is 0 Å². The SMILES string of the molecule is CC(C)(C)c1ccc2c(c1)OP(=O)(O)c1c-2cccc1C(C)(C)C. The van der Waals surface area contributed by atoms with Crippen molar-refractivity contribution in [3.05, 3.63) is 47.5 Å². The maximum absolute atomic E-state index is 13.0. The first-order valence-corrected chi connectivity index (χ1v) is 9.80. The molecule has 0 saturated carbocycles. The van der Waals surface area contributed by atoms with Crippen molar-refractivity contribution < 1.29 is 14.0 Å². The van der Waals surface area contributed by atoms with E-state index in [-0.39, 0.29) is 10.8 Å². The smallest absolute Gasteiger partial charge is 0.409 e. The lowest BCUT2D eigenvalue weighted by Crippen LogP contribution is -2.28. The normalized spacial score (nSPS) is 20.1. The van der Waals surface area contributed by atoms with Crippen LogP contribution in [-0.4, -0.2) is 4.89 Å². The van der Waals surface area contributed by atoms with Gasteiger partial charge in [0, 0.05) is 11.1 Å².